The van der Waals surface area contributed by atoms with Crippen molar-refractivity contribution in [2.45, 2.75) is 6.42 Å². The van der Waals surface area contributed by atoms with Crippen LogP contribution >= 0.6 is 11.6 Å². The number of pyridine rings is 2. The van der Waals surface area contributed by atoms with Gasteiger partial charge in [0.15, 0.2) is 0 Å². The lowest BCUT2D eigenvalue weighted by Crippen LogP contribution is -2.36. The minimum Gasteiger partial charge on any atom is -0.383 e. The Hall–Kier alpha value is -3.88. The summed E-state index contributed by atoms with van der Waals surface area (Å²) in [7, 11) is 0. The molecule has 9 heteroatoms. The molecule has 36 heavy (non-hydrogen) atoms. The van der Waals surface area contributed by atoms with Gasteiger partial charge in [-0.15, -0.1) is 0 Å². The van der Waals surface area contributed by atoms with Crippen molar-refractivity contribution >= 4 is 44.9 Å². The number of H-pyrrole nitrogens is 2. The quantitative estimate of drug-likeness (QED) is 0.315. The highest BCUT2D eigenvalue weighted by atomic mass is 35.5. The molecular formula is C27H25ClN6O2. The molecule has 1 saturated heterocycles. The van der Waals surface area contributed by atoms with Gasteiger partial charge >= 0.3 is 0 Å². The smallest absolute Gasteiger partial charge is 0.261 e. The molecule has 0 atom stereocenters. The Labute approximate surface area is 212 Å². The molecule has 2 aromatic carbocycles. The van der Waals surface area contributed by atoms with E-state index in [1.807, 2.05) is 36.4 Å². The molecule has 1 aliphatic rings. The average Bonchev–Trinajstić information content (AvgIpc) is 3.33. The molecule has 0 spiro atoms. The Kier molecular flexibility index (Phi) is 6.04. The fourth-order valence-corrected chi connectivity index (χ4v) is 4.84. The zero-order chi connectivity index (χ0) is 24.5. The third-order valence-corrected chi connectivity index (χ3v) is 6.70. The van der Waals surface area contributed by atoms with Crippen LogP contribution in [0.2, 0.25) is 5.02 Å². The first-order valence-electron chi connectivity index (χ1n) is 12.0. The fourth-order valence-electron chi connectivity index (χ4n) is 4.67. The van der Waals surface area contributed by atoms with E-state index in [0.717, 1.165) is 54.1 Å². The van der Waals surface area contributed by atoms with Gasteiger partial charge in [-0.1, -0.05) is 17.7 Å². The number of hydrogen-bond acceptors (Lipinski definition) is 6. The number of hydrogen-bond donors (Lipinski definition) is 3. The van der Waals surface area contributed by atoms with E-state index in [-0.39, 0.29) is 5.56 Å². The number of aromatic nitrogens is 4. The summed E-state index contributed by atoms with van der Waals surface area (Å²) in [6.07, 6.45) is 2.49. The fraction of sp³-hybridized carbons (Fsp3) is 0.222. The summed E-state index contributed by atoms with van der Waals surface area (Å²) in [5.74, 6) is 0.507. The number of aromatic amines is 2. The van der Waals surface area contributed by atoms with Gasteiger partial charge in [-0.2, -0.15) is 0 Å². The molecule has 0 amide bonds. The van der Waals surface area contributed by atoms with Crippen LogP contribution in [-0.4, -0.2) is 52.8 Å². The number of ether oxygens (including phenoxy) is 1. The van der Waals surface area contributed by atoms with E-state index >= 15 is 0 Å². The highest BCUT2D eigenvalue weighted by Crippen LogP contribution is 2.33. The van der Waals surface area contributed by atoms with Gasteiger partial charge < -0.3 is 24.9 Å². The maximum Gasteiger partial charge on any atom is 0.261 e. The van der Waals surface area contributed by atoms with Gasteiger partial charge in [0.2, 0.25) is 0 Å². The molecule has 0 aliphatic carbocycles. The molecule has 1 aliphatic heterocycles. The summed E-state index contributed by atoms with van der Waals surface area (Å²) in [4.78, 5) is 31.2. The molecule has 5 aromatic rings. The second-order valence-corrected chi connectivity index (χ2v) is 9.21. The van der Waals surface area contributed by atoms with Crippen LogP contribution in [0.15, 0.2) is 65.6 Å². The zero-order valence-corrected chi connectivity index (χ0v) is 20.3. The average molecular weight is 501 g/mol. The number of fused-ring (bicyclic) bond motifs is 2. The van der Waals surface area contributed by atoms with Crippen molar-refractivity contribution in [1.29, 1.82) is 0 Å². The first kappa shape index (κ1) is 22.6. The molecule has 3 N–H and O–H groups in total. The number of halogens is 1. The third-order valence-electron chi connectivity index (χ3n) is 6.46. The van der Waals surface area contributed by atoms with Crippen molar-refractivity contribution < 1.29 is 4.74 Å². The summed E-state index contributed by atoms with van der Waals surface area (Å²) in [5.41, 5.74) is 5.38. The Bertz CT molecular complexity index is 1590. The van der Waals surface area contributed by atoms with Gasteiger partial charge in [0, 0.05) is 54.0 Å². The molecule has 0 radical (unpaired) electrons. The molecule has 6 rings (SSSR count). The number of nitrogens with one attached hydrogen (secondary N) is 3. The minimum atomic E-state index is -0.224. The van der Waals surface area contributed by atoms with Crippen LogP contribution in [0.4, 0.5) is 11.4 Å². The molecule has 4 heterocycles. The van der Waals surface area contributed by atoms with Crippen LogP contribution in [0.5, 0.6) is 0 Å². The predicted octanol–water partition coefficient (Wildman–Crippen LogP) is 4.61. The standard InChI is InChI=1S/C27H25ClN6O2/c28-17-4-6-21-20(15-17)25(30-10-8-18-3-1-2-9-29-18)24(27(35)33-21)26-31-22-7-5-19(16-23(22)32-26)34-11-13-36-14-12-34/h1-7,9,15-16H,8,10-14H2,(H,31,32)(H2,30,33,35). The number of imidazole rings is 1. The first-order chi connectivity index (χ1) is 17.7. The molecule has 8 nitrogen and oxygen atoms in total. The summed E-state index contributed by atoms with van der Waals surface area (Å²) >= 11 is 6.35. The molecule has 0 saturated carbocycles. The van der Waals surface area contributed by atoms with E-state index in [0.29, 0.717) is 40.6 Å². The van der Waals surface area contributed by atoms with Gasteiger partial charge in [0.1, 0.15) is 11.4 Å². The molecule has 0 bridgehead atoms. The SMILES string of the molecule is O=c1[nH]c2ccc(Cl)cc2c(NCCc2ccccn2)c1-c1nc2ccc(N3CCOCC3)cc2[nH]1. The van der Waals surface area contributed by atoms with Gasteiger partial charge in [0.25, 0.3) is 5.56 Å². The Morgan fingerprint density at radius 2 is 1.92 bits per heavy atom. The summed E-state index contributed by atoms with van der Waals surface area (Å²) in [6, 6.07) is 17.4. The van der Waals surface area contributed by atoms with Crippen LogP contribution in [0.3, 0.4) is 0 Å². The van der Waals surface area contributed by atoms with Crippen molar-refractivity contribution in [2.75, 3.05) is 43.1 Å². The van der Waals surface area contributed by atoms with Crippen LogP contribution in [0.1, 0.15) is 5.69 Å². The lowest BCUT2D eigenvalue weighted by atomic mass is 10.1. The summed E-state index contributed by atoms with van der Waals surface area (Å²) in [6.45, 7) is 3.73. The van der Waals surface area contributed by atoms with Crippen LogP contribution in [0, 0.1) is 0 Å². The first-order valence-corrected chi connectivity index (χ1v) is 12.4. The van der Waals surface area contributed by atoms with E-state index in [1.165, 1.54) is 0 Å². The Balaban J connectivity index is 1.42. The van der Waals surface area contributed by atoms with Gasteiger partial charge in [-0.25, -0.2) is 4.98 Å². The maximum absolute atomic E-state index is 13.3. The van der Waals surface area contributed by atoms with Gasteiger partial charge in [-0.3, -0.25) is 9.78 Å². The summed E-state index contributed by atoms with van der Waals surface area (Å²) < 4.78 is 5.48. The number of morpholine rings is 1. The molecule has 0 unspecified atom stereocenters. The van der Waals surface area contributed by atoms with E-state index in [1.54, 1.807) is 12.3 Å². The second kappa shape index (κ2) is 9.64. The second-order valence-electron chi connectivity index (χ2n) is 8.78. The van der Waals surface area contributed by atoms with Crippen LogP contribution < -0.4 is 15.8 Å². The van der Waals surface area contributed by atoms with E-state index in [4.69, 9.17) is 21.3 Å². The summed E-state index contributed by atoms with van der Waals surface area (Å²) in [5, 5.41) is 4.90. The van der Waals surface area contributed by atoms with Crippen molar-refractivity contribution in [3.05, 3.63) is 81.9 Å². The maximum atomic E-state index is 13.3. The van der Waals surface area contributed by atoms with E-state index < -0.39 is 0 Å². The topological polar surface area (TPSA) is 98.9 Å². The lowest BCUT2D eigenvalue weighted by molar-refractivity contribution is 0.122. The van der Waals surface area contributed by atoms with E-state index in [2.05, 4.69) is 37.3 Å². The minimum absolute atomic E-state index is 0.224. The molecular weight excluding hydrogens is 476 g/mol. The number of rotatable bonds is 6. The number of anilines is 2. The monoisotopic (exact) mass is 500 g/mol. The van der Waals surface area contributed by atoms with Crippen molar-refractivity contribution in [3.63, 3.8) is 0 Å². The highest BCUT2D eigenvalue weighted by Gasteiger charge is 2.19. The van der Waals surface area contributed by atoms with Crippen molar-refractivity contribution in [1.82, 2.24) is 19.9 Å². The Morgan fingerprint density at radius 1 is 1.03 bits per heavy atom. The van der Waals surface area contributed by atoms with Gasteiger partial charge in [-0.05, 0) is 48.5 Å². The van der Waals surface area contributed by atoms with Gasteiger partial charge in [0.05, 0.1) is 35.5 Å². The van der Waals surface area contributed by atoms with E-state index in [9.17, 15) is 4.79 Å². The zero-order valence-electron chi connectivity index (χ0n) is 19.6. The third kappa shape index (κ3) is 4.41. The largest absolute Gasteiger partial charge is 0.383 e. The number of benzene rings is 2. The Morgan fingerprint density at radius 3 is 2.75 bits per heavy atom. The molecule has 3 aromatic heterocycles. The van der Waals surface area contributed by atoms with Crippen molar-refractivity contribution in [3.8, 4) is 11.4 Å². The lowest BCUT2D eigenvalue weighted by Gasteiger charge is -2.28. The highest BCUT2D eigenvalue weighted by molar-refractivity contribution is 6.31. The number of nitrogens with zero attached hydrogens (tertiary/aromatic N) is 3. The normalized spacial score (nSPS) is 14.0. The predicted molar refractivity (Wildman–Crippen MR) is 144 cm³/mol. The molecule has 182 valence electrons. The van der Waals surface area contributed by atoms with Crippen LogP contribution in [0.25, 0.3) is 33.3 Å². The van der Waals surface area contributed by atoms with Crippen LogP contribution in [-0.2, 0) is 11.2 Å². The van der Waals surface area contributed by atoms with Crippen molar-refractivity contribution in [2.24, 2.45) is 0 Å². The molecule has 1 fully saturated rings.